The van der Waals surface area contributed by atoms with Gasteiger partial charge in [0.25, 0.3) is 0 Å². The van der Waals surface area contributed by atoms with Crippen molar-refractivity contribution in [2.45, 2.75) is 32.0 Å². The summed E-state index contributed by atoms with van der Waals surface area (Å²) < 4.78 is 1.16. The minimum Gasteiger partial charge on any atom is -0.340 e. The maximum atomic E-state index is 4.45. The maximum Gasteiger partial charge on any atom is 0.225 e. The molecule has 1 aliphatic carbocycles. The summed E-state index contributed by atoms with van der Waals surface area (Å²) >= 11 is 5.18. The minimum absolute atomic E-state index is 0.717. The third kappa shape index (κ3) is 3.77. The number of nitrogens with one attached hydrogen (secondary N) is 1. The molecule has 106 valence electrons. The third-order valence-electron chi connectivity index (χ3n) is 3.25. The van der Waals surface area contributed by atoms with E-state index in [1.165, 1.54) is 18.4 Å². The van der Waals surface area contributed by atoms with Crippen molar-refractivity contribution >= 4 is 33.2 Å². The van der Waals surface area contributed by atoms with Gasteiger partial charge < -0.3 is 10.2 Å². The Balaban J connectivity index is 1.57. The van der Waals surface area contributed by atoms with E-state index >= 15 is 0 Å². The first kappa shape index (κ1) is 14.0. The highest BCUT2D eigenvalue weighted by Gasteiger charge is 2.20. The molecule has 2 heterocycles. The van der Waals surface area contributed by atoms with Crippen LogP contribution in [0.4, 0.5) is 5.95 Å². The van der Waals surface area contributed by atoms with E-state index in [0.29, 0.717) is 0 Å². The van der Waals surface area contributed by atoms with E-state index in [-0.39, 0.29) is 0 Å². The standard InChI is InChI=1S/C14H17BrN4S/c1-19(8-10-4-13(15)20-9-10)14-17-6-11(7-18-14)5-16-12-2-3-12/h4,6-7,9,12,16H,2-3,5,8H2,1H3. The number of hydrogen-bond acceptors (Lipinski definition) is 5. The monoisotopic (exact) mass is 352 g/mol. The number of rotatable bonds is 6. The maximum absolute atomic E-state index is 4.45. The molecule has 3 rings (SSSR count). The number of hydrogen-bond donors (Lipinski definition) is 1. The fourth-order valence-corrected chi connectivity index (χ4v) is 3.16. The molecule has 0 aromatic carbocycles. The van der Waals surface area contributed by atoms with Crippen molar-refractivity contribution in [1.82, 2.24) is 15.3 Å². The van der Waals surface area contributed by atoms with E-state index in [1.807, 2.05) is 19.4 Å². The van der Waals surface area contributed by atoms with E-state index in [4.69, 9.17) is 0 Å². The lowest BCUT2D eigenvalue weighted by atomic mass is 10.3. The molecule has 1 saturated carbocycles. The van der Waals surface area contributed by atoms with Crippen LogP contribution < -0.4 is 10.2 Å². The fraction of sp³-hybridized carbons (Fsp3) is 0.429. The van der Waals surface area contributed by atoms with Crippen LogP contribution in [0.3, 0.4) is 0 Å². The van der Waals surface area contributed by atoms with Crippen LogP contribution in [0, 0.1) is 0 Å². The van der Waals surface area contributed by atoms with Crippen LogP contribution in [0.2, 0.25) is 0 Å². The molecule has 1 N–H and O–H groups in total. The second-order valence-electron chi connectivity index (χ2n) is 5.16. The van der Waals surface area contributed by atoms with Gasteiger partial charge in [-0.3, -0.25) is 0 Å². The Hall–Kier alpha value is -0.980. The average Bonchev–Trinajstić information content (AvgIpc) is 3.20. The largest absolute Gasteiger partial charge is 0.340 e. The number of halogens is 1. The molecule has 0 atom stereocenters. The number of nitrogens with zero attached hydrogens (tertiary/aromatic N) is 3. The molecular formula is C14H17BrN4S. The predicted molar refractivity (Wildman–Crippen MR) is 86.0 cm³/mol. The zero-order valence-electron chi connectivity index (χ0n) is 11.3. The van der Waals surface area contributed by atoms with Gasteiger partial charge in [0, 0.05) is 44.1 Å². The smallest absolute Gasteiger partial charge is 0.225 e. The predicted octanol–water partition coefficient (Wildman–Crippen LogP) is 3.19. The topological polar surface area (TPSA) is 41.1 Å². The summed E-state index contributed by atoms with van der Waals surface area (Å²) in [5.74, 6) is 0.766. The summed E-state index contributed by atoms with van der Waals surface area (Å²) in [6.07, 6.45) is 6.44. The first-order valence-electron chi connectivity index (χ1n) is 6.69. The van der Waals surface area contributed by atoms with Gasteiger partial charge in [-0.2, -0.15) is 0 Å². The Morgan fingerprint density at radius 2 is 2.10 bits per heavy atom. The summed E-state index contributed by atoms with van der Waals surface area (Å²) in [5.41, 5.74) is 2.42. The van der Waals surface area contributed by atoms with Crippen molar-refractivity contribution in [2.75, 3.05) is 11.9 Å². The first-order valence-corrected chi connectivity index (χ1v) is 8.36. The highest BCUT2D eigenvalue weighted by Crippen LogP contribution is 2.22. The summed E-state index contributed by atoms with van der Waals surface area (Å²) in [5, 5.41) is 5.61. The molecule has 2 aromatic heterocycles. The van der Waals surface area contributed by atoms with Gasteiger partial charge in [0.1, 0.15) is 0 Å². The van der Waals surface area contributed by atoms with Crippen molar-refractivity contribution in [1.29, 1.82) is 0 Å². The Labute approximate surface area is 131 Å². The zero-order chi connectivity index (χ0) is 13.9. The molecule has 0 spiro atoms. The van der Waals surface area contributed by atoms with Crippen LogP contribution in [-0.4, -0.2) is 23.1 Å². The molecule has 0 aliphatic heterocycles. The van der Waals surface area contributed by atoms with Gasteiger partial charge in [-0.1, -0.05) is 0 Å². The fourth-order valence-electron chi connectivity index (χ4n) is 1.96. The summed E-state index contributed by atoms with van der Waals surface area (Å²) in [6, 6.07) is 2.85. The van der Waals surface area contributed by atoms with Crippen LogP contribution in [0.15, 0.2) is 27.6 Å². The van der Waals surface area contributed by atoms with E-state index in [0.717, 1.165) is 34.4 Å². The quantitative estimate of drug-likeness (QED) is 0.866. The van der Waals surface area contributed by atoms with E-state index in [1.54, 1.807) is 11.3 Å². The third-order valence-corrected chi connectivity index (χ3v) is 4.80. The van der Waals surface area contributed by atoms with Crippen molar-refractivity contribution in [3.63, 3.8) is 0 Å². The van der Waals surface area contributed by atoms with Crippen molar-refractivity contribution in [2.24, 2.45) is 0 Å². The van der Waals surface area contributed by atoms with Crippen molar-refractivity contribution < 1.29 is 0 Å². The normalized spacial score (nSPS) is 14.5. The lowest BCUT2D eigenvalue weighted by molar-refractivity contribution is 0.682. The molecule has 1 aliphatic rings. The molecular weight excluding hydrogens is 336 g/mol. The molecule has 0 unspecified atom stereocenters. The van der Waals surface area contributed by atoms with Gasteiger partial charge in [-0.05, 0) is 45.8 Å². The Kier molecular flexibility index (Phi) is 4.33. The summed E-state index contributed by atoms with van der Waals surface area (Å²) in [6.45, 7) is 1.69. The molecule has 2 aromatic rings. The Bertz CT molecular complexity index is 565. The van der Waals surface area contributed by atoms with Gasteiger partial charge in [-0.15, -0.1) is 11.3 Å². The van der Waals surface area contributed by atoms with Crippen LogP contribution >= 0.6 is 27.3 Å². The van der Waals surface area contributed by atoms with E-state index in [2.05, 4.69) is 47.6 Å². The molecule has 6 heteroatoms. The van der Waals surface area contributed by atoms with Crippen LogP contribution in [0.1, 0.15) is 24.0 Å². The molecule has 0 bridgehead atoms. The van der Waals surface area contributed by atoms with Crippen LogP contribution in [-0.2, 0) is 13.1 Å². The second-order valence-corrected chi connectivity index (χ2v) is 7.45. The number of thiophene rings is 1. The molecule has 0 saturated heterocycles. The van der Waals surface area contributed by atoms with Gasteiger partial charge in [0.15, 0.2) is 0 Å². The van der Waals surface area contributed by atoms with Crippen LogP contribution in [0.5, 0.6) is 0 Å². The van der Waals surface area contributed by atoms with E-state index < -0.39 is 0 Å². The first-order chi connectivity index (χ1) is 9.70. The van der Waals surface area contributed by atoms with Crippen molar-refractivity contribution in [3.05, 3.63) is 38.8 Å². The molecule has 4 nitrogen and oxygen atoms in total. The van der Waals surface area contributed by atoms with Gasteiger partial charge in [0.2, 0.25) is 5.95 Å². The lowest BCUT2D eigenvalue weighted by Gasteiger charge is -2.16. The highest BCUT2D eigenvalue weighted by molar-refractivity contribution is 9.11. The van der Waals surface area contributed by atoms with E-state index in [9.17, 15) is 0 Å². The summed E-state index contributed by atoms with van der Waals surface area (Å²) in [7, 11) is 2.02. The number of anilines is 1. The minimum atomic E-state index is 0.717. The Morgan fingerprint density at radius 3 is 2.70 bits per heavy atom. The molecule has 1 fully saturated rings. The lowest BCUT2D eigenvalue weighted by Crippen LogP contribution is -2.20. The second kappa shape index (κ2) is 6.20. The average molecular weight is 353 g/mol. The molecule has 0 radical (unpaired) electrons. The molecule has 20 heavy (non-hydrogen) atoms. The highest BCUT2D eigenvalue weighted by atomic mass is 79.9. The van der Waals surface area contributed by atoms with Crippen LogP contribution in [0.25, 0.3) is 0 Å². The number of aromatic nitrogens is 2. The zero-order valence-corrected chi connectivity index (χ0v) is 13.7. The summed E-state index contributed by atoms with van der Waals surface area (Å²) in [4.78, 5) is 11.0. The van der Waals surface area contributed by atoms with Crippen molar-refractivity contribution in [3.8, 4) is 0 Å². The van der Waals surface area contributed by atoms with Gasteiger partial charge in [0.05, 0.1) is 3.79 Å². The molecule has 0 amide bonds. The van der Waals surface area contributed by atoms with Gasteiger partial charge in [-0.25, -0.2) is 9.97 Å². The SMILES string of the molecule is CN(Cc1csc(Br)c1)c1ncc(CNC2CC2)cn1. The van der Waals surface area contributed by atoms with Gasteiger partial charge >= 0.3 is 0 Å². The Morgan fingerprint density at radius 1 is 1.35 bits per heavy atom.